The Morgan fingerprint density at radius 2 is 2.10 bits per heavy atom. The molecule has 0 radical (unpaired) electrons. The molecule has 2 aromatic rings. The molecule has 1 N–H and O–H groups in total. The number of hydrogen-bond donors (Lipinski definition) is 1. The fourth-order valence-electron chi connectivity index (χ4n) is 2.31. The van der Waals surface area contributed by atoms with Gasteiger partial charge in [0.2, 0.25) is 0 Å². The molecular weight excluding hydrogens is 330 g/mol. The molecule has 21 heavy (non-hydrogen) atoms. The molecule has 0 spiro atoms. The van der Waals surface area contributed by atoms with Crippen molar-refractivity contribution in [1.29, 1.82) is 0 Å². The van der Waals surface area contributed by atoms with Crippen LogP contribution in [0.5, 0.6) is 0 Å². The lowest BCUT2D eigenvalue weighted by Gasteiger charge is -2.19. The number of ether oxygens (including phenoxy) is 1. The number of halogens is 1. The number of rotatable bonds is 7. The molecule has 0 fully saturated rings. The van der Waals surface area contributed by atoms with Crippen molar-refractivity contribution in [3.8, 4) is 0 Å². The van der Waals surface area contributed by atoms with Crippen molar-refractivity contribution in [3.63, 3.8) is 0 Å². The van der Waals surface area contributed by atoms with Crippen molar-refractivity contribution in [2.24, 2.45) is 0 Å². The first kappa shape index (κ1) is 16.3. The Bertz CT molecular complexity index is 580. The normalized spacial score (nSPS) is 12.6. The van der Waals surface area contributed by atoms with E-state index in [1.807, 2.05) is 12.1 Å². The van der Waals surface area contributed by atoms with Gasteiger partial charge < -0.3 is 14.5 Å². The topological polar surface area (TPSA) is 34.4 Å². The number of hydrogen-bond acceptors (Lipinski definition) is 3. The summed E-state index contributed by atoms with van der Waals surface area (Å²) < 4.78 is 12.1. The fourth-order valence-corrected chi connectivity index (χ4v) is 2.78. The van der Waals surface area contributed by atoms with E-state index in [9.17, 15) is 0 Å². The van der Waals surface area contributed by atoms with Crippen LogP contribution < -0.4 is 5.32 Å². The summed E-state index contributed by atoms with van der Waals surface area (Å²) in [5.41, 5.74) is 2.43. The van der Waals surface area contributed by atoms with E-state index >= 15 is 0 Å². The molecule has 1 aromatic heterocycles. The molecule has 0 saturated carbocycles. The lowest BCUT2D eigenvalue weighted by molar-refractivity contribution is 0.162. The zero-order valence-corrected chi connectivity index (χ0v) is 14.4. The van der Waals surface area contributed by atoms with Gasteiger partial charge in [-0.25, -0.2) is 0 Å². The van der Waals surface area contributed by atoms with Gasteiger partial charge in [-0.05, 0) is 43.7 Å². The Kier molecular flexibility index (Phi) is 6.03. The summed E-state index contributed by atoms with van der Waals surface area (Å²) >= 11 is 3.65. The molecule has 1 aromatic carbocycles. The van der Waals surface area contributed by atoms with E-state index < -0.39 is 0 Å². The minimum Gasteiger partial charge on any atom is -0.462 e. The molecule has 114 valence electrons. The first-order valence-electron chi connectivity index (χ1n) is 7.22. The van der Waals surface area contributed by atoms with Crippen LogP contribution in [0.4, 0.5) is 0 Å². The molecule has 1 unspecified atom stereocenters. The second-order valence-electron chi connectivity index (χ2n) is 5.15. The monoisotopic (exact) mass is 351 g/mol. The molecule has 0 amide bonds. The maximum absolute atomic E-state index is 5.92. The third-order valence-electron chi connectivity index (χ3n) is 3.31. The maximum atomic E-state index is 5.92. The molecule has 1 atom stereocenters. The Morgan fingerprint density at radius 3 is 2.81 bits per heavy atom. The Morgan fingerprint density at radius 1 is 1.29 bits per heavy atom. The van der Waals surface area contributed by atoms with Crippen molar-refractivity contribution < 1.29 is 9.15 Å². The predicted molar refractivity (Wildman–Crippen MR) is 88.4 cm³/mol. The van der Waals surface area contributed by atoms with Gasteiger partial charge in [-0.15, -0.1) is 0 Å². The second kappa shape index (κ2) is 7.78. The van der Waals surface area contributed by atoms with E-state index in [0.29, 0.717) is 6.61 Å². The molecule has 0 aliphatic rings. The van der Waals surface area contributed by atoms with Crippen molar-refractivity contribution in [2.75, 3.05) is 13.7 Å². The van der Waals surface area contributed by atoms with Crippen LogP contribution in [0.15, 0.2) is 39.2 Å². The summed E-state index contributed by atoms with van der Waals surface area (Å²) in [6, 6.07) is 10.4. The molecule has 2 rings (SSSR count). The van der Waals surface area contributed by atoms with E-state index in [4.69, 9.17) is 9.15 Å². The molecular formula is C17H22BrNO2. The highest BCUT2D eigenvalue weighted by Gasteiger charge is 2.20. The first-order chi connectivity index (χ1) is 10.2. The summed E-state index contributed by atoms with van der Waals surface area (Å²) in [5.74, 6) is 1.77. The van der Waals surface area contributed by atoms with Crippen LogP contribution in [0.25, 0.3) is 0 Å². The summed E-state index contributed by atoms with van der Waals surface area (Å²) in [4.78, 5) is 0. The summed E-state index contributed by atoms with van der Waals surface area (Å²) in [7, 11) is 1.67. The third-order valence-corrected chi connectivity index (χ3v) is 4.04. The van der Waals surface area contributed by atoms with Crippen molar-refractivity contribution in [3.05, 3.63) is 57.5 Å². The van der Waals surface area contributed by atoms with Crippen LogP contribution in [-0.4, -0.2) is 13.7 Å². The number of benzene rings is 1. The smallest absolute Gasteiger partial charge is 0.129 e. The van der Waals surface area contributed by atoms with Crippen LogP contribution in [-0.2, 0) is 11.3 Å². The number of nitrogens with one attached hydrogen (secondary N) is 1. The summed E-state index contributed by atoms with van der Waals surface area (Å²) in [6.07, 6.45) is 1.07. The Labute approximate surface area is 134 Å². The zero-order chi connectivity index (χ0) is 15.2. The predicted octanol–water partition coefficient (Wildman–Crippen LogP) is 4.59. The molecule has 1 heterocycles. The molecule has 3 nitrogen and oxygen atoms in total. The first-order valence-corrected chi connectivity index (χ1v) is 8.02. The molecule has 0 aliphatic carbocycles. The van der Waals surface area contributed by atoms with Crippen molar-refractivity contribution >= 4 is 15.9 Å². The van der Waals surface area contributed by atoms with Gasteiger partial charge >= 0.3 is 0 Å². The van der Waals surface area contributed by atoms with Crippen LogP contribution in [0.3, 0.4) is 0 Å². The number of aryl methyl sites for hydroxylation is 1. The highest BCUT2D eigenvalue weighted by atomic mass is 79.9. The summed E-state index contributed by atoms with van der Waals surface area (Å²) in [5, 5.41) is 3.56. The van der Waals surface area contributed by atoms with E-state index in [-0.39, 0.29) is 6.04 Å². The van der Waals surface area contributed by atoms with Gasteiger partial charge in [0.25, 0.3) is 0 Å². The second-order valence-corrected chi connectivity index (χ2v) is 6.00. The van der Waals surface area contributed by atoms with Crippen molar-refractivity contribution in [2.45, 2.75) is 32.9 Å². The number of furan rings is 1. The number of methoxy groups -OCH3 is 1. The highest BCUT2D eigenvalue weighted by molar-refractivity contribution is 9.10. The quantitative estimate of drug-likeness (QED) is 0.792. The average Bonchev–Trinajstić information content (AvgIpc) is 2.92. The fraction of sp³-hybridized carbons (Fsp3) is 0.412. The average molecular weight is 352 g/mol. The van der Waals surface area contributed by atoms with Gasteiger partial charge in [-0.2, -0.15) is 0 Å². The Hall–Kier alpha value is -1.10. The lowest BCUT2D eigenvalue weighted by Crippen LogP contribution is -2.23. The summed E-state index contributed by atoms with van der Waals surface area (Å²) in [6.45, 7) is 5.69. The van der Waals surface area contributed by atoms with E-state index in [1.54, 1.807) is 7.11 Å². The standard InChI is InChI=1S/C17H22BrNO2/c1-4-9-19-17(14-10-12(2)5-7-15(14)18)16-8-6-13(21-16)11-20-3/h5-8,10,17,19H,4,9,11H2,1-3H3. The van der Waals surface area contributed by atoms with Crippen LogP contribution in [0.1, 0.15) is 42.0 Å². The SMILES string of the molecule is CCCNC(c1ccc(COC)o1)c1cc(C)ccc1Br. The Balaban J connectivity index is 2.34. The van der Waals surface area contributed by atoms with Crippen LogP contribution in [0, 0.1) is 6.92 Å². The maximum Gasteiger partial charge on any atom is 0.129 e. The highest BCUT2D eigenvalue weighted by Crippen LogP contribution is 2.30. The van der Waals surface area contributed by atoms with Gasteiger partial charge in [-0.3, -0.25) is 0 Å². The molecule has 0 bridgehead atoms. The lowest BCUT2D eigenvalue weighted by atomic mass is 10.0. The van der Waals surface area contributed by atoms with Crippen LogP contribution in [0.2, 0.25) is 0 Å². The zero-order valence-electron chi connectivity index (χ0n) is 12.8. The minimum absolute atomic E-state index is 0.0461. The largest absolute Gasteiger partial charge is 0.462 e. The molecule has 0 aliphatic heterocycles. The van der Waals surface area contributed by atoms with E-state index in [1.165, 1.54) is 11.1 Å². The van der Waals surface area contributed by atoms with Gasteiger partial charge in [0, 0.05) is 11.6 Å². The van der Waals surface area contributed by atoms with Gasteiger partial charge in [0.15, 0.2) is 0 Å². The van der Waals surface area contributed by atoms with Gasteiger partial charge in [-0.1, -0.05) is 40.5 Å². The molecule has 4 heteroatoms. The van der Waals surface area contributed by atoms with Crippen molar-refractivity contribution in [1.82, 2.24) is 5.32 Å². The minimum atomic E-state index is 0.0461. The third kappa shape index (κ3) is 4.19. The van der Waals surface area contributed by atoms with E-state index in [2.05, 4.69) is 53.3 Å². The van der Waals surface area contributed by atoms with Gasteiger partial charge in [0.05, 0.1) is 6.04 Å². The van der Waals surface area contributed by atoms with Gasteiger partial charge in [0.1, 0.15) is 18.1 Å². The van der Waals surface area contributed by atoms with E-state index in [0.717, 1.165) is 29.0 Å². The molecule has 0 saturated heterocycles. The van der Waals surface area contributed by atoms with Crippen LogP contribution >= 0.6 is 15.9 Å².